The summed E-state index contributed by atoms with van der Waals surface area (Å²) < 4.78 is 0. The van der Waals surface area contributed by atoms with Crippen molar-refractivity contribution in [2.45, 2.75) is 0 Å². The van der Waals surface area contributed by atoms with Crippen LogP contribution in [0.1, 0.15) is 10.4 Å². The minimum Gasteiger partial charge on any atom is -0.273 e. The maximum Gasteiger partial charge on any atom is 0.337 e. The third-order valence-corrected chi connectivity index (χ3v) is 3.19. The molecule has 0 aliphatic rings. The molecule has 0 unspecified atom stereocenters. The minimum absolute atomic E-state index is 0.299. The van der Waals surface area contributed by atoms with Crippen LogP contribution in [0.2, 0.25) is 10.0 Å². The van der Waals surface area contributed by atoms with Crippen LogP contribution in [0.25, 0.3) is 11.1 Å². The highest BCUT2D eigenvalue weighted by molar-refractivity contribution is 6.35. The van der Waals surface area contributed by atoms with E-state index in [4.69, 9.17) is 29.0 Å². The van der Waals surface area contributed by atoms with Crippen LogP contribution in [-0.4, -0.2) is 11.9 Å². The zero-order valence-electron chi connectivity index (χ0n) is 11.2. The van der Waals surface area contributed by atoms with E-state index < -0.39 is 11.9 Å². The molecule has 0 bridgehead atoms. The van der Waals surface area contributed by atoms with Crippen LogP contribution in [0.5, 0.6) is 0 Å². The maximum atomic E-state index is 12.2. The Bertz CT molecular complexity index is 701. The first-order chi connectivity index (χ1) is 10.5. The van der Waals surface area contributed by atoms with Crippen LogP contribution in [0.15, 0.2) is 42.5 Å². The van der Waals surface area contributed by atoms with E-state index in [9.17, 15) is 9.59 Å². The van der Waals surface area contributed by atoms with Gasteiger partial charge in [-0.05, 0) is 35.4 Å². The number of hydrazine groups is 2. The van der Waals surface area contributed by atoms with E-state index in [1.165, 1.54) is 0 Å². The molecule has 2 aromatic rings. The Morgan fingerprint density at radius 3 is 2.27 bits per heavy atom. The van der Waals surface area contributed by atoms with E-state index in [0.29, 0.717) is 26.7 Å². The molecule has 114 valence electrons. The fourth-order valence-corrected chi connectivity index (χ4v) is 2.44. The third kappa shape index (κ3) is 3.96. The number of carbonyl (C=O) groups is 2. The normalized spacial score (nSPS) is 10.1. The van der Waals surface area contributed by atoms with Gasteiger partial charge in [-0.1, -0.05) is 41.4 Å². The van der Waals surface area contributed by atoms with Gasteiger partial charge < -0.3 is 0 Å². The lowest BCUT2D eigenvalue weighted by molar-refractivity contribution is 0.0963. The van der Waals surface area contributed by atoms with Crippen LogP contribution < -0.4 is 22.1 Å². The Morgan fingerprint density at radius 2 is 1.64 bits per heavy atom. The first-order valence-corrected chi connectivity index (χ1v) is 6.89. The van der Waals surface area contributed by atoms with Crippen molar-refractivity contribution in [3.05, 3.63) is 58.1 Å². The number of carbonyl (C=O) groups excluding carboxylic acids is 2. The summed E-state index contributed by atoms with van der Waals surface area (Å²) in [7, 11) is 0. The van der Waals surface area contributed by atoms with Gasteiger partial charge in [0.2, 0.25) is 0 Å². The van der Waals surface area contributed by atoms with Gasteiger partial charge in [0.15, 0.2) is 0 Å². The lowest BCUT2D eigenvalue weighted by Crippen LogP contribution is -2.49. The average molecular weight is 339 g/mol. The van der Waals surface area contributed by atoms with E-state index >= 15 is 0 Å². The molecule has 5 N–H and O–H groups in total. The Balaban J connectivity index is 2.38. The van der Waals surface area contributed by atoms with Crippen molar-refractivity contribution in [3.8, 4) is 11.1 Å². The molecule has 3 amide bonds. The second-order valence-electron chi connectivity index (χ2n) is 4.26. The van der Waals surface area contributed by atoms with Crippen molar-refractivity contribution in [1.29, 1.82) is 0 Å². The number of nitrogens with one attached hydrogen (secondary N) is 3. The Labute approximate surface area is 136 Å². The molecule has 0 fully saturated rings. The van der Waals surface area contributed by atoms with E-state index in [2.05, 4.69) is 5.32 Å². The lowest BCUT2D eigenvalue weighted by Gasteiger charge is -2.11. The molecule has 2 rings (SSSR count). The lowest BCUT2D eigenvalue weighted by atomic mass is 9.99. The molecule has 8 heteroatoms. The summed E-state index contributed by atoms with van der Waals surface area (Å²) >= 11 is 12.0. The number of nitrogens with two attached hydrogens (primary N) is 1. The minimum atomic E-state index is -0.772. The van der Waals surface area contributed by atoms with Gasteiger partial charge in [0.05, 0.1) is 0 Å². The number of benzene rings is 2. The maximum absolute atomic E-state index is 12.2. The van der Waals surface area contributed by atoms with Gasteiger partial charge in [-0.2, -0.15) is 5.53 Å². The zero-order valence-corrected chi connectivity index (χ0v) is 12.7. The van der Waals surface area contributed by atoms with Gasteiger partial charge in [-0.25, -0.2) is 4.79 Å². The molecule has 0 aliphatic heterocycles. The molecule has 0 radical (unpaired) electrons. The van der Waals surface area contributed by atoms with E-state index in [-0.39, 0.29) is 0 Å². The summed E-state index contributed by atoms with van der Waals surface area (Å²) in [6.45, 7) is 0. The molecule has 0 saturated heterocycles. The smallest absolute Gasteiger partial charge is 0.273 e. The van der Waals surface area contributed by atoms with Crippen molar-refractivity contribution in [2.24, 2.45) is 5.84 Å². The summed E-state index contributed by atoms with van der Waals surface area (Å²) in [6.07, 6.45) is 0. The largest absolute Gasteiger partial charge is 0.337 e. The molecule has 22 heavy (non-hydrogen) atoms. The molecule has 6 nitrogen and oxygen atoms in total. The molecular weight excluding hydrogens is 327 g/mol. The second-order valence-corrected chi connectivity index (χ2v) is 5.13. The molecular formula is C14H12Cl2N4O2. The SMILES string of the molecule is NNNC(=O)NC(=O)c1ccccc1-c1cc(Cl)cc(Cl)c1. The second kappa shape index (κ2) is 7.24. The van der Waals surface area contributed by atoms with Crippen LogP contribution in [0, 0.1) is 0 Å². The highest BCUT2D eigenvalue weighted by Crippen LogP contribution is 2.29. The van der Waals surface area contributed by atoms with Gasteiger partial charge in [0, 0.05) is 15.6 Å². The highest BCUT2D eigenvalue weighted by Gasteiger charge is 2.15. The zero-order chi connectivity index (χ0) is 16.1. The molecule has 0 spiro atoms. The van der Waals surface area contributed by atoms with E-state index in [0.717, 1.165) is 0 Å². The summed E-state index contributed by atoms with van der Waals surface area (Å²) in [5.41, 5.74) is 5.54. The van der Waals surface area contributed by atoms with Gasteiger partial charge in [-0.3, -0.25) is 21.4 Å². The van der Waals surface area contributed by atoms with Crippen LogP contribution >= 0.6 is 23.2 Å². The van der Waals surface area contributed by atoms with Gasteiger partial charge in [0.25, 0.3) is 5.91 Å². The van der Waals surface area contributed by atoms with Crippen LogP contribution in [0.3, 0.4) is 0 Å². The van der Waals surface area contributed by atoms with E-state index in [1.807, 2.05) is 11.0 Å². The number of imide groups is 1. The summed E-state index contributed by atoms with van der Waals surface area (Å²) in [5.74, 6) is 4.35. The van der Waals surface area contributed by atoms with Crippen LogP contribution in [0.4, 0.5) is 4.79 Å². The Morgan fingerprint density at radius 1 is 1.00 bits per heavy atom. The number of rotatable bonds is 3. The number of halogens is 2. The number of hydrogen-bond donors (Lipinski definition) is 4. The summed E-state index contributed by atoms with van der Waals surface area (Å²) in [6, 6.07) is 11.0. The predicted octanol–water partition coefficient (Wildman–Crippen LogP) is 2.48. The monoisotopic (exact) mass is 338 g/mol. The predicted molar refractivity (Wildman–Crippen MR) is 85.2 cm³/mol. The number of urea groups is 1. The van der Waals surface area contributed by atoms with Crippen LogP contribution in [-0.2, 0) is 0 Å². The topological polar surface area (TPSA) is 96.2 Å². The third-order valence-electron chi connectivity index (χ3n) is 2.76. The summed E-state index contributed by atoms with van der Waals surface area (Å²) in [5, 5.41) is 3.03. The molecule has 0 aliphatic carbocycles. The standard InChI is InChI=1S/C14H12Cl2N4O2/c15-9-5-8(6-10(16)7-9)11-3-1-2-4-12(11)13(21)18-14(22)19-20-17/h1-7,20H,17H2,(H2,18,19,21,22). The number of hydrogen-bond acceptors (Lipinski definition) is 4. The van der Waals surface area contributed by atoms with Crippen molar-refractivity contribution in [1.82, 2.24) is 16.3 Å². The first kappa shape index (κ1) is 16.3. The van der Waals surface area contributed by atoms with E-state index in [1.54, 1.807) is 42.5 Å². The van der Waals surface area contributed by atoms with Gasteiger partial charge in [-0.15, -0.1) is 0 Å². The summed E-state index contributed by atoms with van der Waals surface area (Å²) in [4.78, 5) is 23.5. The average Bonchev–Trinajstić information content (AvgIpc) is 2.46. The molecule has 0 heterocycles. The first-order valence-electron chi connectivity index (χ1n) is 6.13. The van der Waals surface area contributed by atoms with Crippen molar-refractivity contribution < 1.29 is 9.59 Å². The molecule has 2 aromatic carbocycles. The van der Waals surface area contributed by atoms with Crippen molar-refractivity contribution >= 4 is 35.1 Å². The fourth-order valence-electron chi connectivity index (χ4n) is 1.91. The molecule has 0 saturated carbocycles. The van der Waals surface area contributed by atoms with Crippen molar-refractivity contribution in [3.63, 3.8) is 0 Å². The van der Waals surface area contributed by atoms with Crippen molar-refractivity contribution in [2.75, 3.05) is 0 Å². The quantitative estimate of drug-likeness (QED) is 0.510. The highest BCUT2D eigenvalue weighted by atomic mass is 35.5. The Kier molecular flexibility index (Phi) is 5.35. The molecule has 0 atom stereocenters. The number of amides is 3. The molecule has 0 aromatic heterocycles. The fraction of sp³-hybridized carbons (Fsp3) is 0. The van der Waals surface area contributed by atoms with Gasteiger partial charge >= 0.3 is 6.03 Å². The van der Waals surface area contributed by atoms with Gasteiger partial charge in [0.1, 0.15) is 0 Å². The Hall–Kier alpha value is -2.12.